The van der Waals surface area contributed by atoms with Crippen LogP contribution in [0.4, 0.5) is 0 Å². The standard InChI is InChI=1S/C13H25N3OS/c1-5-13(4)7-9-18-12(16-13)14-8-6-11(17)15-10(2)3/h10H,5-9H2,1-4H3,(H,14,16)(H,15,17). The molecule has 0 aromatic carbocycles. The first kappa shape index (κ1) is 15.3. The molecule has 1 rings (SSSR count). The average molecular weight is 271 g/mol. The fraction of sp³-hybridized carbons (Fsp3) is 0.846. The van der Waals surface area contributed by atoms with Crippen LogP contribution in [0.1, 0.15) is 47.0 Å². The van der Waals surface area contributed by atoms with Gasteiger partial charge in [-0.1, -0.05) is 18.7 Å². The minimum atomic E-state index is 0.0772. The molecule has 0 bridgehead atoms. The number of thioether (sulfide) groups is 1. The molecule has 1 fully saturated rings. The molecule has 104 valence electrons. The van der Waals surface area contributed by atoms with Gasteiger partial charge in [0.25, 0.3) is 0 Å². The fourth-order valence-electron chi connectivity index (χ4n) is 1.73. The molecule has 1 atom stereocenters. The molecule has 0 aromatic rings. The lowest BCUT2D eigenvalue weighted by atomic mass is 9.96. The summed E-state index contributed by atoms with van der Waals surface area (Å²) in [5.74, 6) is 1.18. The molecule has 2 N–H and O–H groups in total. The van der Waals surface area contributed by atoms with Crippen LogP contribution in [0.2, 0.25) is 0 Å². The van der Waals surface area contributed by atoms with Crippen LogP contribution in [0.25, 0.3) is 0 Å². The van der Waals surface area contributed by atoms with E-state index in [1.54, 1.807) is 11.8 Å². The van der Waals surface area contributed by atoms with Gasteiger partial charge in [-0.15, -0.1) is 0 Å². The molecule has 0 aromatic heterocycles. The van der Waals surface area contributed by atoms with E-state index in [0.717, 1.165) is 17.3 Å². The van der Waals surface area contributed by atoms with E-state index >= 15 is 0 Å². The highest BCUT2D eigenvalue weighted by Crippen LogP contribution is 2.24. The zero-order valence-electron chi connectivity index (χ0n) is 11.9. The van der Waals surface area contributed by atoms with Crippen molar-refractivity contribution in [2.24, 2.45) is 4.99 Å². The third kappa shape index (κ3) is 5.29. The van der Waals surface area contributed by atoms with Gasteiger partial charge >= 0.3 is 0 Å². The van der Waals surface area contributed by atoms with Crippen LogP contribution >= 0.6 is 11.8 Å². The largest absolute Gasteiger partial charge is 0.360 e. The van der Waals surface area contributed by atoms with E-state index in [4.69, 9.17) is 0 Å². The van der Waals surface area contributed by atoms with Crippen LogP contribution in [-0.4, -0.2) is 35.0 Å². The summed E-state index contributed by atoms with van der Waals surface area (Å²) in [6.07, 6.45) is 2.73. The van der Waals surface area contributed by atoms with E-state index in [0.29, 0.717) is 13.0 Å². The second-order valence-electron chi connectivity index (χ2n) is 5.30. The lowest BCUT2D eigenvalue weighted by Crippen LogP contribution is -2.48. The quantitative estimate of drug-likeness (QED) is 0.805. The predicted octanol–water partition coefficient (Wildman–Crippen LogP) is 2.15. The molecule has 1 unspecified atom stereocenters. The van der Waals surface area contributed by atoms with Crippen molar-refractivity contribution in [3.8, 4) is 0 Å². The molecular weight excluding hydrogens is 246 g/mol. The summed E-state index contributed by atoms with van der Waals surface area (Å²) in [6.45, 7) is 8.92. The summed E-state index contributed by atoms with van der Waals surface area (Å²) in [7, 11) is 0. The van der Waals surface area contributed by atoms with E-state index in [1.807, 2.05) is 13.8 Å². The highest BCUT2D eigenvalue weighted by molar-refractivity contribution is 8.13. The fourth-order valence-corrected chi connectivity index (χ4v) is 2.98. The van der Waals surface area contributed by atoms with Crippen molar-refractivity contribution in [1.29, 1.82) is 0 Å². The number of nitrogens with zero attached hydrogens (tertiary/aromatic N) is 1. The molecule has 0 spiro atoms. The topological polar surface area (TPSA) is 53.5 Å². The number of carbonyl (C=O) groups is 1. The Hall–Kier alpha value is -0.710. The Bertz CT molecular complexity index is 317. The Morgan fingerprint density at radius 2 is 2.33 bits per heavy atom. The number of amidine groups is 1. The zero-order chi connectivity index (χ0) is 13.6. The van der Waals surface area contributed by atoms with Gasteiger partial charge < -0.3 is 10.6 Å². The van der Waals surface area contributed by atoms with E-state index in [1.165, 1.54) is 6.42 Å². The molecule has 1 aliphatic rings. The number of carbonyl (C=O) groups excluding carboxylic acids is 1. The first-order valence-corrected chi connectivity index (χ1v) is 7.68. The summed E-state index contributed by atoms with van der Waals surface area (Å²) >= 11 is 1.75. The van der Waals surface area contributed by atoms with Gasteiger partial charge in [-0.05, 0) is 33.6 Å². The molecule has 0 aliphatic carbocycles. The Kier molecular flexibility index (Phi) is 5.99. The number of aliphatic imine (C=N–C) groups is 1. The van der Waals surface area contributed by atoms with Crippen molar-refractivity contribution in [1.82, 2.24) is 10.6 Å². The molecule has 1 saturated heterocycles. The smallest absolute Gasteiger partial charge is 0.222 e. The van der Waals surface area contributed by atoms with Crippen LogP contribution in [0, 0.1) is 0 Å². The third-order valence-corrected chi connectivity index (χ3v) is 4.04. The van der Waals surface area contributed by atoms with Crippen LogP contribution in [-0.2, 0) is 4.79 Å². The van der Waals surface area contributed by atoms with E-state index < -0.39 is 0 Å². The number of hydrogen-bond acceptors (Lipinski definition) is 3. The number of hydrogen-bond donors (Lipinski definition) is 2. The maximum Gasteiger partial charge on any atom is 0.222 e. The number of rotatable bonds is 5. The summed E-state index contributed by atoms with van der Waals surface area (Å²) in [6, 6.07) is 0.204. The molecule has 5 heteroatoms. The average Bonchev–Trinajstić information content (AvgIpc) is 2.28. The first-order valence-electron chi connectivity index (χ1n) is 6.70. The first-order chi connectivity index (χ1) is 8.45. The summed E-state index contributed by atoms with van der Waals surface area (Å²) in [4.78, 5) is 16.0. The normalized spacial score (nSPS) is 26.2. The van der Waals surface area contributed by atoms with Crippen LogP contribution in [0.3, 0.4) is 0 Å². The van der Waals surface area contributed by atoms with Crippen molar-refractivity contribution in [2.75, 3.05) is 12.3 Å². The second-order valence-corrected chi connectivity index (χ2v) is 6.38. The molecule has 0 saturated carbocycles. The maximum atomic E-state index is 11.5. The lowest BCUT2D eigenvalue weighted by Gasteiger charge is -2.35. The second kappa shape index (κ2) is 7.02. The van der Waals surface area contributed by atoms with Gasteiger partial charge in [0.1, 0.15) is 0 Å². The highest BCUT2D eigenvalue weighted by Gasteiger charge is 2.27. The molecule has 1 amide bonds. The van der Waals surface area contributed by atoms with Gasteiger partial charge in [-0.3, -0.25) is 9.79 Å². The highest BCUT2D eigenvalue weighted by atomic mass is 32.2. The summed E-state index contributed by atoms with van der Waals surface area (Å²) in [5.41, 5.74) is 0.171. The molecule has 1 heterocycles. The molecule has 18 heavy (non-hydrogen) atoms. The zero-order valence-corrected chi connectivity index (χ0v) is 12.7. The number of amides is 1. The van der Waals surface area contributed by atoms with E-state index in [-0.39, 0.29) is 17.5 Å². The molecule has 1 aliphatic heterocycles. The third-order valence-electron chi connectivity index (χ3n) is 3.13. The number of nitrogens with one attached hydrogen (secondary N) is 2. The Morgan fingerprint density at radius 1 is 1.61 bits per heavy atom. The SMILES string of the molecule is CCC1(C)CCSC(=NCCC(=O)NC(C)C)N1. The van der Waals surface area contributed by atoms with Gasteiger partial charge in [0.2, 0.25) is 5.91 Å². The van der Waals surface area contributed by atoms with Crippen LogP contribution < -0.4 is 10.6 Å². The van der Waals surface area contributed by atoms with Crippen molar-refractivity contribution < 1.29 is 4.79 Å². The van der Waals surface area contributed by atoms with E-state index in [2.05, 4.69) is 29.5 Å². The monoisotopic (exact) mass is 271 g/mol. The predicted molar refractivity (Wildman–Crippen MR) is 79.1 cm³/mol. The van der Waals surface area contributed by atoms with Crippen molar-refractivity contribution in [3.05, 3.63) is 0 Å². The van der Waals surface area contributed by atoms with Crippen LogP contribution in [0.15, 0.2) is 4.99 Å². The van der Waals surface area contributed by atoms with Gasteiger partial charge in [0.05, 0.1) is 6.54 Å². The van der Waals surface area contributed by atoms with Crippen molar-refractivity contribution >= 4 is 22.8 Å². The van der Waals surface area contributed by atoms with E-state index in [9.17, 15) is 4.79 Å². The van der Waals surface area contributed by atoms with Crippen molar-refractivity contribution in [3.63, 3.8) is 0 Å². The van der Waals surface area contributed by atoms with Gasteiger partial charge in [-0.25, -0.2) is 0 Å². The minimum absolute atomic E-state index is 0.0772. The summed E-state index contributed by atoms with van der Waals surface area (Å²) < 4.78 is 0. The van der Waals surface area contributed by atoms with Crippen LogP contribution in [0.5, 0.6) is 0 Å². The molecular formula is C13H25N3OS. The molecule has 0 radical (unpaired) electrons. The Balaban J connectivity index is 2.36. The maximum absolute atomic E-state index is 11.5. The lowest BCUT2D eigenvalue weighted by molar-refractivity contribution is -0.121. The molecule has 4 nitrogen and oxygen atoms in total. The Labute approximate surface area is 114 Å². The summed E-state index contributed by atoms with van der Waals surface area (Å²) in [5, 5.41) is 7.34. The Morgan fingerprint density at radius 3 is 2.94 bits per heavy atom. The van der Waals surface area contributed by atoms with Gasteiger partial charge in [-0.2, -0.15) is 0 Å². The van der Waals surface area contributed by atoms with Crippen molar-refractivity contribution in [2.45, 2.75) is 58.5 Å². The van der Waals surface area contributed by atoms with Gasteiger partial charge in [0, 0.05) is 23.8 Å². The van der Waals surface area contributed by atoms with Gasteiger partial charge in [0.15, 0.2) is 5.17 Å². The minimum Gasteiger partial charge on any atom is -0.360 e.